The van der Waals surface area contributed by atoms with Crippen molar-refractivity contribution < 1.29 is 9.21 Å². The Morgan fingerprint density at radius 2 is 2.04 bits per heavy atom. The summed E-state index contributed by atoms with van der Waals surface area (Å²) in [6.45, 7) is 7.31. The molecule has 0 radical (unpaired) electrons. The molecule has 0 aliphatic carbocycles. The number of hydrogen-bond acceptors (Lipinski definition) is 4. The third-order valence-corrected chi connectivity index (χ3v) is 4.64. The van der Waals surface area contributed by atoms with Crippen molar-refractivity contribution in [1.82, 2.24) is 19.4 Å². The van der Waals surface area contributed by atoms with Crippen LogP contribution in [0.1, 0.15) is 23.3 Å². The molecule has 0 saturated carbocycles. The van der Waals surface area contributed by atoms with E-state index in [9.17, 15) is 4.79 Å². The molecule has 1 saturated heterocycles. The highest BCUT2D eigenvalue weighted by Crippen LogP contribution is 2.16. The lowest BCUT2D eigenvalue weighted by molar-refractivity contribution is 0.0601. The minimum absolute atomic E-state index is 0.0294. The molecule has 3 rings (SSSR count). The van der Waals surface area contributed by atoms with E-state index >= 15 is 0 Å². The Morgan fingerprint density at radius 1 is 1.26 bits per heavy atom. The Labute approximate surface area is 144 Å². The molecule has 3 heterocycles. The summed E-state index contributed by atoms with van der Waals surface area (Å²) in [6.07, 6.45) is 4.85. The number of aryl methyl sites for hydroxylation is 1. The number of rotatable bonds is 5. The maximum absolute atomic E-state index is 12.3. The maximum Gasteiger partial charge on any atom is 0.289 e. The molecule has 0 unspecified atom stereocenters. The lowest BCUT2D eigenvalue weighted by Crippen LogP contribution is -2.49. The summed E-state index contributed by atoms with van der Waals surface area (Å²) >= 11 is 3.23. The standard InChI is InChI=1S/C16H21BrN4O2/c1-2-15-18-5-6-20(15)10-7-19-8-11-21(12-9-19)16(22)13-3-4-14(17)23-13/h3-6H,2,7-12H2,1H3. The zero-order valence-corrected chi connectivity index (χ0v) is 14.8. The van der Waals surface area contributed by atoms with Crippen LogP contribution in [-0.4, -0.2) is 58.0 Å². The van der Waals surface area contributed by atoms with E-state index in [2.05, 4.69) is 37.3 Å². The predicted molar refractivity (Wildman–Crippen MR) is 90.4 cm³/mol. The molecule has 7 heteroatoms. The van der Waals surface area contributed by atoms with Crippen molar-refractivity contribution in [2.24, 2.45) is 0 Å². The van der Waals surface area contributed by atoms with Crippen LogP contribution in [0, 0.1) is 0 Å². The zero-order valence-electron chi connectivity index (χ0n) is 13.2. The van der Waals surface area contributed by atoms with E-state index in [1.54, 1.807) is 12.1 Å². The summed E-state index contributed by atoms with van der Waals surface area (Å²) < 4.78 is 8.14. The fraction of sp³-hybridized carbons (Fsp3) is 0.500. The number of nitrogens with zero attached hydrogens (tertiary/aromatic N) is 4. The molecule has 1 fully saturated rings. The van der Waals surface area contributed by atoms with Gasteiger partial charge in [-0.1, -0.05) is 6.92 Å². The van der Waals surface area contributed by atoms with Gasteiger partial charge in [-0.05, 0) is 28.1 Å². The molecular weight excluding hydrogens is 360 g/mol. The van der Waals surface area contributed by atoms with Gasteiger partial charge in [0.05, 0.1) is 0 Å². The van der Waals surface area contributed by atoms with Crippen LogP contribution in [0.4, 0.5) is 0 Å². The van der Waals surface area contributed by atoms with Gasteiger partial charge in [-0.2, -0.15) is 0 Å². The van der Waals surface area contributed by atoms with E-state index in [1.807, 2.05) is 17.3 Å². The minimum Gasteiger partial charge on any atom is -0.444 e. The van der Waals surface area contributed by atoms with Crippen LogP contribution in [0.3, 0.4) is 0 Å². The normalized spacial score (nSPS) is 16.0. The van der Waals surface area contributed by atoms with Crippen molar-refractivity contribution in [1.29, 1.82) is 0 Å². The van der Waals surface area contributed by atoms with Gasteiger partial charge < -0.3 is 13.9 Å². The highest BCUT2D eigenvalue weighted by Gasteiger charge is 2.24. The van der Waals surface area contributed by atoms with Gasteiger partial charge in [0.2, 0.25) is 0 Å². The molecule has 1 aliphatic heterocycles. The molecule has 124 valence electrons. The van der Waals surface area contributed by atoms with Gasteiger partial charge in [0.15, 0.2) is 10.4 Å². The second kappa shape index (κ2) is 7.31. The average molecular weight is 381 g/mol. The number of piperazine rings is 1. The van der Waals surface area contributed by atoms with Crippen molar-refractivity contribution in [2.45, 2.75) is 19.9 Å². The fourth-order valence-electron chi connectivity index (χ4n) is 2.87. The number of halogens is 1. The van der Waals surface area contributed by atoms with Gasteiger partial charge in [-0.25, -0.2) is 4.98 Å². The third kappa shape index (κ3) is 3.84. The van der Waals surface area contributed by atoms with Crippen LogP contribution in [0.5, 0.6) is 0 Å². The topological polar surface area (TPSA) is 54.5 Å². The summed E-state index contributed by atoms with van der Waals surface area (Å²) in [4.78, 5) is 20.9. The van der Waals surface area contributed by atoms with E-state index in [4.69, 9.17) is 4.42 Å². The molecule has 0 atom stereocenters. The van der Waals surface area contributed by atoms with Gasteiger partial charge in [-0.15, -0.1) is 0 Å². The first-order chi connectivity index (χ1) is 11.2. The van der Waals surface area contributed by atoms with Crippen LogP contribution in [0.25, 0.3) is 0 Å². The minimum atomic E-state index is -0.0294. The first-order valence-corrected chi connectivity index (χ1v) is 8.73. The van der Waals surface area contributed by atoms with Crippen molar-refractivity contribution in [3.63, 3.8) is 0 Å². The van der Waals surface area contributed by atoms with E-state index in [-0.39, 0.29) is 5.91 Å². The van der Waals surface area contributed by atoms with Crippen molar-refractivity contribution in [3.8, 4) is 0 Å². The Bertz CT molecular complexity index is 659. The molecule has 2 aromatic rings. The molecule has 0 aromatic carbocycles. The highest BCUT2D eigenvalue weighted by molar-refractivity contribution is 9.10. The molecular formula is C16H21BrN4O2. The van der Waals surface area contributed by atoms with Crippen LogP contribution < -0.4 is 0 Å². The van der Waals surface area contributed by atoms with E-state index in [0.717, 1.165) is 51.5 Å². The van der Waals surface area contributed by atoms with E-state index in [0.29, 0.717) is 10.4 Å². The summed E-state index contributed by atoms with van der Waals surface area (Å²) in [6, 6.07) is 3.46. The SMILES string of the molecule is CCc1nccn1CCN1CCN(C(=O)c2ccc(Br)o2)CC1. The Balaban J connectivity index is 1.48. The number of imidazole rings is 1. The number of hydrogen-bond donors (Lipinski definition) is 0. The summed E-state index contributed by atoms with van der Waals surface area (Å²) in [7, 11) is 0. The van der Waals surface area contributed by atoms with E-state index < -0.39 is 0 Å². The second-order valence-corrected chi connectivity index (χ2v) is 6.41. The van der Waals surface area contributed by atoms with Gasteiger partial charge >= 0.3 is 0 Å². The predicted octanol–water partition coefficient (Wildman–Crippen LogP) is 2.26. The maximum atomic E-state index is 12.3. The monoisotopic (exact) mass is 380 g/mol. The fourth-order valence-corrected chi connectivity index (χ4v) is 3.17. The molecule has 0 bridgehead atoms. The number of carbonyl (C=O) groups excluding carboxylic acids is 1. The Hall–Kier alpha value is -1.60. The highest BCUT2D eigenvalue weighted by atomic mass is 79.9. The summed E-state index contributed by atoms with van der Waals surface area (Å²) in [5.74, 6) is 1.50. The molecule has 23 heavy (non-hydrogen) atoms. The lowest BCUT2D eigenvalue weighted by atomic mass is 10.3. The zero-order chi connectivity index (χ0) is 16.2. The van der Waals surface area contributed by atoms with Gasteiger partial charge in [-0.3, -0.25) is 9.69 Å². The molecule has 1 aliphatic rings. The van der Waals surface area contributed by atoms with Crippen LogP contribution in [-0.2, 0) is 13.0 Å². The second-order valence-electron chi connectivity index (χ2n) is 5.63. The smallest absolute Gasteiger partial charge is 0.289 e. The van der Waals surface area contributed by atoms with Gasteiger partial charge in [0.1, 0.15) is 5.82 Å². The molecule has 0 N–H and O–H groups in total. The summed E-state index contributed by atoms with van der Waals surface area (Å²) in [5, 5.41) is 0. The molecule has 1 amide bonds. The van der Waals surface area contributed by atoms with Crippen LogP contribution in [0.15, 0.2) is 33.6 Å². The van der Waals surface area contributed by atoms with Gasteiger partial charge in [0, 0.05) is 58.1 Å². The van der Waals surface area contributed by atoms with Crippen molar-refractivity contribution >= 4 is 21.8 Å². The average Bonchev–Trinajstić information content (AvgIpc) is 3.21. The van der Waals surface area contributed by atoms with Crippen LogP contribution >= 0.6 is 15.9 Å². The first kappa shape index (κ1) is 16.3. The largest absolute Gasteiger partial charge is 0.444 e. The lowest BCUT2D eigenvalue weighted by Gasteiger charge is -2.34. The van der Waals surface area contributed by atoms with E-state index in [1.165, 1.54) is 0 Å². The number of furan rings is 1. The number of carbonyl (C=O) groups is 1. The van der Waals surface area contributed by atoms with Crippen molar-refractivity contribution in [3.05, 3.63) is 40.8 Å². The number of amides is 1. The molecule has 0 spiro atoms. The number of aromatic nitrogens is 2. The Kier molecular flexibility index (Phi) is 5.17. The Morgan fingerprint density at radius 3 is 2.70 bits per heavy atom. The van der Waals surface area contributed by atoms with Gasteiger partial charge in [0.25, 0.3) is 5.91 Å². The van der Waals surface area contributed by atoms with Crippen LogP contribution in [0.2, 0.25) is 0 Å². The third-order valence-electron chi connectivity index (χ3n) is 4.22. The van der Waals surface area contributed by atoms with Crippen molar-refractivity contribution in [2.75, 3.05) is 32.7 Å². The quantitative estimate of drug-likeness (QED) is 0.798. The molecule has 2 aromatic heterocycles. The molecule has 6 nitrogen and oxygen atoms in total. The summed E-state index contributed by atoms with van der Waals surface area (Å²) in [5.41, 5.74) is 0. The first-order valence-electron chi connectivity index (χ1n) is 7.94.